The van der Waals surface area contributed by atoms with Gasteiger partial charge in [-0.3, -0.25) is 20.4 Å². The van der Waals surface area contributed by atoms with Crippen LogP contribution in [-0.4, -0.2) is 17.9 Å². The van der Waals surface area contributed by atoms with Crippen LogP contribution in [0, 0.1) is 13.8 Å². The molecule has 22 heavy (non-hydrogen) atoms. The Morgan fingerprint density at radius 3 is 2.64 bits per heavy atom. The second-order valence-electron chi connectivity index (χ2n) is 4.91. The first-order valence-corrected chi connectivity index (χ1v) is 7.78. The number of rotatable bonds is 4. The van der Waals surface area contributed by atoms with Crippen molar-refractivity contribution in [1.82, 2.24) is 10.9 Å². The van der Waals surface area contributed by atoms with Crippen molar-refractivity contribution in [3.63, 3.8) is 0 Å². The summed E-state index contributed by atoms with van der Waals surface area (Å²) < 4.78 is 5.65. The number of hydrogen-bond acceptors (Lipinski definition) is 4. The normalized spacial score (nSPS) is 11.6. The Morgan fingerprint density at radius 1 is 1.18 bits per heavy atom. The highest BCUT2D eigenvalue weighted by Crippen LogP contribution is 2.21. The van der Waals surface area contributed by atoms with Crippen LogP contribution >= 0.6 is 11.3 Å². The van der Waals surface area contributed by atoms with E-state index in [-0.39, 0.29) is 5.91 Å². The smallest absolute Gasteiger partial charge is 0.279 e. The minimum Gasteiger partial charge on any atom is -0.481 e. The molecule has 0 saturated heterocycles. The standard InChI is InChI=1S/C16H18N2O3S/c1-10-5-4-6-14(11(10)2)21-12(3)15(19)17-18-16(20)13-7-8-22-9-13/h4-9,12H,1-3H3,(H,17,19)(H,18,20). The molecule has 116 valence electrons. The van der Waals surface area contributed by atoms with Crippen LogP contribution in [0.3, 0.4) is 0 Å². The summed E-state index contributed by atoms with van der Waals surface area (Å²) in [7, 11) is 0. The monoisotopic (exact) mass is 318 g/mol. The number of thiophene rings is 1. The van der Waals surface area contributed by atoms with Gasteiger partial charge in [0.25, 0.3) is 11.8 Å². The average molecular weight is 318 g/mol. The molecule has 1 atom stereocenters. The molecule has 0 radical (unpaired) electrons. The molecule has 2 aromatic rings. The molecule has 1 heterocycles. The predicted octanol–water partition coefficient (Wildman–Crippen LogP) is 2.59. The maximum Gasteiger partial charge on any atom is 0.279 e. The Kier molecular flexibility index (Phi) is 5.16. The van der Waals surface area contributed by atoms with Gasteiger partial charge in [0.1, 0.15) is 5.75 Å². The van der Waals surface area contributed by atoms with Crippen molar-refractivity contribution in [3.8, 4) is 5.75 Å². The quantitative estimate of drug-likeness (QED) is 0.852. The number of hydrogen-bond donors (Lipinski definition) is 2. The molecular weight excluding hydrogens is 300 g/mol. The molecule has 0 aliphatic rings. The van der Waals surface area contributed by atoms with Crippen molar-refractivity contribution in [3.05, 3.63) is 51.7 Å². The highest BCUT2D eigenvalue weighted by atomic mass is 32.1. The molecule has 6 heteroatoms. The van der Waals surface area contributed by atoms with E-state index >= 15 is 0 Å². The lowest BCUT2D eigenvalue weighted by molar-refractivity contribution is -0.128. The van der Waals surface area contributed by atoms with Gasteiger partial charge in [0.2, 0.25) is 0 Å². The van der Waals surface area contributed by atoms with Crippen molar-refractivity contribution in [2.75, 3.05) is 0 Å². The molecule has 5 nitrogen and oxygen atoms in total. The average Bonchev–Trinajstić information content (AvgIpc) is 3.03. The van der Waals surface area contributed by atoms with E-state index in [2.05, 4.69) is 10.9 Å². The van der Waals surface area contributed by atoms with E-state index in [4.69, 9.17) is 4.74 Å². The van der Waals surface area contributed by atoms with Crippen LogP contribution in [0.2, 0.25) is 0 Å². The lowest BCUT2D eigenvalue weighted by atomic mass is 10.1. The highest BCUT2D eigenvalue weighted by molar-refractivity contribution is 7.08. The van der Waals surface area contributed by atoms with Gasteiger partial charge in [-0.05, 0) is 49.4 Å². The first-order valence-electron chi connectivity index (χ1n) is 6.84. The second kappa shape index (κ2) is 7.09. The number of carbonyl (C=O) groups is 2. The van der Waals surface area contributed by atoms with Crippen LogP contribution in [0.1, 0.15) is 28.4 Å². The third-order valence-electron chi connectivity index (χ3n) is 3.31. The van der Waals surface area contributed by atoms with Gasteiger partial charge in [-0.2, -0.15) is 11.3 Å². The van der Waals surface area contributed by atoms with Crippen molar-refractivity contribution < 1.29 is 14.3 Å². The number of hydrazine groups is 1. The molecule has 2 N–H and O–H groups in total. The number of benzene rings is 1. The van der Waals surface area contributed by atoms with E-state index in [1.807, 2.05) is 32.0 Å². The van der Waals surface area contributed by atoms with Crippen LogP contribution in [0.25, 0.3) is 0 Å². The van der Waals surface area contributed by atoms with E-state index < -0.39 is 12.0 Å². The van der Waals surface area contributed by atoms with E-state index in [9.17, 15) is 9.59 Å². The fourth-order valence-electron chi connectivity index (χ4n) is 1.78. The van der Waals surface area contributed by atoms with Crippen LogP contribution in [0.5, 0.6) is 5.75 Å². The Balaban J connectivity index is 1.89. The first kappa shape index (κ1) is 16.0. The molecule has 2 amide bonds. The van der Waals surface area contributed by atoms with Gasteiger partial charge in [-0.15, -0.1) is 0 Å². The summed E-state index contributed by atoms with van der Waals surface area (Å²) >= 11 is 1.41. The zero-order valence-electron chi connectivity index (χ0n) is 12.7. The SMILES string of the molecule is Cc1cccc(OC(C)C(=O)NNC(=O)c2ccsc2)c1C. The second-order valence-corrected chi connectivity index (χ2v) is 5.69. The molecule has 1 unspecified atom stereocenters. The van der Waals surface area contributed by atoms with Crippen LogP contribution in [0.4, 0.5) is 0 Å². The molecule has 0 aliphatic heterocycles. The van der Waals surface area contributed by atoms with E-state index in [1.54, 1.807) is 23.8 Å². The van der Waals surface area contributed by atoms with Gasteiger partial charge in [0.05, 0.1) is 5.56 Å². The van der Waals surface area contributed by atoms with E-state index in [0.29, 0.717) is 11.3 Å². The largest absolute Gasteiger partial charge is 0.481 e. The Labute approximate surface area is 133 Å². The summed E-state index contributed by atoms with van der Waals surface area (Å²) in [6.45, 7) is 5.55. The molecular formula is C16H18N2O3S. The van der Waals surface area contributed by atoms with Crippen LogP contribution in [-0.2, 0) is 4.79 Å². The Bertz CT molecular complexity index is 668. The summed E-state index contributed by atoms with van der Waals surface area (Å²) in [5, 5.41) is 3.50. The Morgan fingerprint density at radius 2 is 1.95 bits per heavy atom. The van der Waals surface area contributed by atoms with Crippen LogP contribution in [0.15, 0.2) is 35.0 Å². The van der Waals surface area contributed by atoms with Crippen molar-refractivity contribution in [2.45, 2.75) is 26.9 Å². The van der Waals surface area contributed by atoms with E-state index in [0.717, 1.165) is 11.1 Å². The zero-order chi connectivity index (χ0) is 16.1. The Hall–Kier alpha value is -2.34. The van der Waals surface area contributed by atoms with Gasteiger partial charge in [-0.25, -0.2) is 0 Å². The molecule has 1 aromatic carbocycles. The van der Waals surface area contributed by atoms with Crippen molar-refractivity contribution >= 4 is 23.2 Å². The van der Waals surface area contributed by atoms with Crippen molar-refractivity contribution in [1.29, 1.82) is 0 Å². The lowest BCUT2D eigenvalue weighted by Gasteiger charge is -2.17. The minimum atomic E-state index is -0.719. The summed E-state index contributed by atoms with van der Waals surface area (Å²) in [5.74, 6) is -0.107. The van der Waals surface area contributed by atoms with Crippen molar-refractivity contribution in [2.24, 2.45) is 0 Å². The molecule has 0 fully saturated rings. The summed E-state index contributed by atoms with van der Waals surface area (Å²) in [6, 6.07) is 7.35. The predicted molar refractivity (Wildman–Crippen MR) is 85.9 cm³/mol. The van der Waals surface area contributed by atoms with Crippen LogP contribution < -0.4 is 15.6 Å². The molecule has 0 saturated carbocycles. The maximum atomic E-state index is 12.0. The molecule has 0 bridgehead atoms. The number of aryl methyl sites for hydroxylation is 1. The first-order chi connectivity index (χ1) is 10.5. The summed E-state index contributed by atoms with van der Waals surface area (Å²) in [4.78, 5) is 23.7. The lowest BCUT2D eigenvalue weighted by Crippen LogP contribution is -2.47. The fraction of sp³-hybridized carbons (Fsp3) is 0.250. The third-order valence-corrected chi connectivity index (χ3v) is 3.99. The van der Waals surface area contributed by atoms with E-state index in [1.165, 1.54) is 11.3 Å². The molecule has 0 spiro atoms. The van der Waals surface area contributed by atoms with Gasteiger partial charge < -0.3 is 4.74 Å². The minimum absolute atomic E-state index is 0.353. The highest BCUT2D eigenvalue weighted by Gasteiger charge is 2.17. The van der Waals surface area contributed by atoms with Gasteiger partial charge in [-0.1, -0.05) is 12.1 Å². The number of amides is 2. The van der Waals surface area contributed by atoms with Gasteiger partial charge in [0, 0.05) is 5.38 Å². The maximum absolute atomic E-state index is 12.0. The summed E-state index contributed by atoms with van der Waals surface area (Å²) in [6.07, 6.45) is -0.719. The zero-order valence-corrected chi connectivity index (χ0v) is 13.5. The number of carbonyl (C=O) groups excluding carboxylic acids is 2. The molecule has 1 aromatic heterocycles. The summed E-state index contributed by atoms with van der Waals surface area (Å²) in [5.41, 5.74) is 7.32. The third kappa shape index (κ3) is 3.85. The van der Waals surface area contributed by atoms with Gasteiger partial charge >= 0.3 is 0 Å². The number of ether oxygens (including phenoxy) is 1. The molecule has 2 rings (SSSR count). The topological polar surface area (TPSA) is 67.4 Å². The number of nitrogens with one attached hydrogen (secondary N) is 2. The van der Waals surface area contributed by atoms with Gasteiger partial charge in [0.15, 0.2) is 6.10 Å². The fourth-order valence-corrected chi connectivity index (χ4v) is 2.42. The molecule has 0 aliphatic carbocycles.